The third kappa shape index (κ3) is 2.92. The van der Waals surface area contributed by atoms with Crippen LogP contribution in [0, 0.1) is 0 Å². The van der Waals surface area contributed by atoms with Crippen LogP contribution in [0.15, 0.2) is 66.7 Å². The molecule has 0 bridgehead atoms. The number of pyridine rings is 1. The maximum atomic E-state index is 4.97. The van der Waals surface area contributed by atoms with Crippen molar-refractivity contribution in [1.29, 1.82) is 0 Å². The van der Waals surface area contributed by atoms with E-state index in [1.165, 1.54) is 43.7 Å². The van der Waals surface area contributed by atoms with Crippen molar-refractivity contribution in [2.75, 3.05) is 0 Å². The summed E-state index contributed by atoms with van der Waals surface area (Å²) in [6.45, 7) is 9.00. The second kappa shape index (κ2) is 7.02. The molecule has 30 heavy (non-hydrogen) atoms. The first-order chi connectivity index (χ1) is 14.4. The normalized spacial score (nSPS) is 12.1. The lowest BCUT2D eigenvalue weighted by Gasteiger charge is -2.14. The molecule has 3 heteroatoms. The standard InChI is InChI=1S/C27H27BN2/c1-16(2)18-9-11-21-20(13-18)15-26(28)29-27(21)19-10-12-23-22-7-5-6-8-24(22)30(17(3)4)25(23)14-19/h5-17H,28H2,1-4H3. The maximum absolute atomic E-state index is 4.97. The van der Waals surface area contributed by atoms with Crippen LogP contribution in [0.25, 0.3) is 43.8 Å². The Labute approximate surface area is 179 Å². The van der Waals surface area contributed by atoms with E-state index in [9.17, 15) is 0 Å². The van der Waals surface area contributed by atoms with Gasteiger partial charge in [0, 0.05) is 33.3 Å². The van der Waals surface area contributed by atoms with Crippen LogP contribution in [0.4, 0.5) is 0 Å². The molecule has 2 nitrogen and oxygen atoms in total. The summed E-state index contributed by atoms with van der Waals surface area (Å²) >= 11 is 0. The summed E-state index contributed by atoms with van der Waals surface area (Å²) in [5.74, 6) is 0.518. The van der Waals surface area contributed by atoms with Gasteiger partial charge in [0.1, 0.15) is 0 Å². The van der Waals surface area contributed by atoms with Crippen LogP contribution >= 0.6 is 0 Å². The van der Waals surface area contributed by atoms with Crippen molar-refractivity contribution in [2.24, 2.45) is 0 Å². The molecule has 0 atom stereocenters. The highest BCUT2D eigenvalue weighted by molar-refractivity contribution is 6.32. The molecule has 0 aliphatic rings. The van der Waals surface area contributed by atoms with Gasteiger partial charge in [-0.2, -0.15) is 0 Å². The summed E-state index contributed by atoms with van der Waals surface area (Å²) in [6, 6.07) is 24.9. The Morgan fingerprint density at radius 2 is 1.50 bits per heavy atom. The van der Waals surface area contributed by atoms with E-state index in [1.54, 1.807) is 0 Å². The van der Waals surface area contributed by atoms with E-state index in [0.717, 1.165) is 11.3 Å². The summed E-state index contributed by atoms with van der Waals surface area (Å²) in [7, 11) is 2.09. The van der Waals surface area contributed by atoms with Gasteiger partial charge in [0.25, 0.3) is 0 Å². The topological polar surface area (TPSA) is 17.8 Å². The summed E-state index contributed by atoms with van der Waals surface area (Å²) in [4.78, 5) is 4.97. The maximum Gasteiger partial charge on any atom is 0.163 e. The quantitative estimate of drug-likeness (QED) is 0.347. The van der Waals surface area contributed by atoms with Gasteiger partial charge in [-0.05, 0) is 54.5 Å². The SMILES string of the molecule is Bc1cc2cc(C(C)C)ccc2c(-c2ccc3c4ccccc4n(C(C)C)c3c2)n1. The van der Waals surface area contributed by atoms with Gasteiger partial charge in [0.05, 0.1) is 11.2 Å². The van der Waals surface area contributed by atoms with Gasteiger partial charge in [-0.1, -0.05) is 62.4 Å². The fourth-order valence-electron chi connectivity index (χ4n) is 4.69. The second-order valence-corrected chi connectivity index (χ2v) is 8.96. The minimum Gasteiger partial charge on any atom is -0.338 e. The first-order valence-corrected chi connectivity index (χ1v) is 10.9. The van der Waals surface area contributed by atoms with E-state index in [1.807, 2.05) is 0 Å². The second-order valence-electron chi connectivity index (χ2n) is 8.96. The number of nitrogens with zero attached hydrogens (tertiary/aromatic N) is 2. The van der Waals surface area contributed by atoms with Gasteiger partial charge in [-0.3, -0.25) is 4.98 Å². The molecule has 0 N–H and O–H groups in total. The monoisotopic (exact) mass is 390 g/mol. The Balaban J connectivity index is 1.80. The third-order valence-electron chi connectivity index (χ3n) is 6.15. The number of hydrogen-bond donors (Lipinski definition) is 0. The predicted molar refractivity (Wildman–Crippen MR) is 133 cm³/mol. The largest absolute Gasteiger partial charge is 0.338 e. The Bertz CT molecular complexity index is 1410. The molecule has 0 fully saturated rings. The lowest BCUT2D eigenvalue weighted by molar-refractivity contribution is 0.642. The van der Waals surface area contributed by atoms with Crippen molar-refractivity contribution in [3.8, 4) is 11.3 Å². The van der Waals surface area contributed by atoms with E-state index >= 15 is 0 Å². The van der Waals surface area contributed by atoms with E-state index in [4.69, 9.17) is 4.98 Å². The van der Waals surface area contributed by atoms with Gasteiger partial charge in [-0.25, -0.2) is 0 Å². The minimum absolute atomic E-state index is 0.387. The minimum atomic E-state index is 0.387. The zero-order valence-corrected chi connectivity index (χ0v) is 18.4. The lowest BCUT2D eigenvalue weighted by Crippen LogP contribution is -2.09. The molecule has 0 saturated heterocycles. The zero-order chi connectivity index (χ0) is 21.0. The molecule has 2 heterocycles. The van der Waals surface area contributed by atoms with E-state index in [2.05, 4.69) is 107 Å². The van der Waals surface area contributed by atoms with E-state index < -0.39 is 0 Å². The summed E-state index contributed by atoms with van der Waals surface area (Å²) in [6.07, 6.45) is 0. The van der Waals surface area contributed by atoms with E-state index in [-0.39, 0.29) is 0 Å². The molecule has 0 unspecified atom stereocenters. The van der Waals surface area contributed by atoms with Gasteiger partial charge < -0.3 is 4.57 Å². The molecular formula is C27H27BN2. The lowest BCUT2D eigenvalue weighted by atomic mass is 9.93. The first kappa shape index (κ1) is 18.9. The highest BCUT2D eigenvalue weighted by Crippen LogP contribution is 2.36. The van der Waals surface area contributed by atoms with Crippen LogP contribution < -0.4 is 5.59 Å². The van der Waals surface area contributed by atoms with Crippen molar-refractivity contribution in [1.82, 2.24) is 9.55 Å². The van der Waals surface area contributed by atoms with Crippen LogP contribution in [-0.4, -0.2) is 17.4 Å². The van der Waals surface area contributed by atoms with Gasteiger partial charge >= 0.3 is 0 Å². The van der Waals surface area contributed by atoms with Crippen LogP contribution in [0.1, 0.15) is 45.2 Å². The molecule has 5 rings (SSSR count). The third-order valence-corrected chi connectivity index (χ3v) is 6.15. The fourth-order valence-corrected chi connectivity index (χ4v) is 4.69. The summed E-state index contributed by atoms with van der Waals surface area (Å²) < 4.78 is 2.45. The van der Waals surface area contributed by atoms with Crippen LogP contribution in [0.5, 0.6) is 0 Å². The molecule has 0 spiro atoms. The molecule has 0 aliphatic carbocycles. The van der Waals surface area contributed by atoms with Crippen LogP contribution in [-0.2, 0) is 0 Å². The van der Waals surface area contributed by atoms with Gasteiger partial charge in [0.15, 0.2) is 7.85 Å². The average molecular weight is 390 g/mol. The molecule has 5 aromatic rings. The molecule has 148 valence electrons. The highest BCUT2D eigenvalue weighted by Gasteiger charge is 2.15. The number of benzene rings is 3. The number of hydrogen-bond acceptors (Lipinski definition) is 1. The molecule has 0 amide bonds. The van der Waals surface area contributed by atoms with Crippen molar-refractivity contribution in [3.05, 3.63) is 72.3 Å². The number of aromatic nitrogens is 2. The van der Waals surface area contributed by atoms with Crippen molar-refractivity contribution < 1.29 is 0 Å². The Morgan fingerprint density at radius 1 is 0.767 bits per heavy atom. The number of fused-ring (bicyclic) bond motifs is 4. The summed E-state index contributed by atoms with van der Waals surface area (Å²) in [5, 5.41) is 5.11. The molecule has 0 radical (unpaired) electrons. The van der Waals surface area contributed by atoms with Crippen molar-refractivity contribution >= 4 is 46.0 Å². The van der Waals surface area contributed by atoms with Crippen LogP contribution in [0.3, 0.4) is 0 Å². The van der Waals surface area contributed by atoms with Gasteiger partial charge in [-0.15, -0.1) is 0 Å². The Kier molecular flexibility index (Phi) is 4.43. The predicted octanol–water partition coefficient (Wildman–Crippen LogP) is 5.97. The average Bonchev–Trinajstić information content (AvgIpc) is 3.06. The molecule has 2 aromatic heterocycles. The molecule has 3 aromatic carbocycles. The Hall–Kier alpha value is -3.07. The Morgan fingerprint density at radius 3 is 2.27 bits per heavy atom. The zero-order valence-electron chi connectivity index (χ0n) is 18.4. The van der Waals surface area contributed by atoms with E-state index in [0.29, 0.717) is 12.0 Å². The number of para-hydroxylation sites is 1. The first-order valence-electron chi connectivity index (χ1n) is 10.9. The molecule has 0 saturated carbocycles. The summed E-state index contributed by atoms with van der Waals surface area (Å²) in [5.41, 5.74) is 7.25. The van der Waals surface area contributed by atoms with Gasteiger partial charge in [0.2, 0.25) is 0 Å². The smallest absolute Gasteiger partial charge is 0.163 e. The number of rotatable bonds is 3. The van der Waals surface area contributed by atoms with Crippen molar-refractivity contribution in [3.63, 3.8) is 0 Å². The highest BCUT2D eigenvalue weighted by atomic mass is 15.0. The van der Waals surface area contributed by atoms with Crippen LogP contribution in [0.2, 0.25) is 0 Å². The molecule has 0 aliphatic heterocycles. The van der Waals surface area contributed by atoms with Crippen molar-refractivity contribution in [2.45, 2.75) is 39.7 Å². The fraction of sp³-hybridized carbons (Fsp3) is 0.222. The molecular weight excluding hydrogens is 363 g/mol.